The second kappa shape index (κ2) is 46.1. The smallest absolute Gasteiger partial charge is 0.373 e. The fourth-order valence-electron chi connectivity index (χ4n) is 12.9. The van der Waals surface area contributed by atoms with E-state index in [0.717, 1.165) is 102 Å². The van der Waals surface area contributed by atoms with E-state index in [4.69, 9.17) is 20.2 Å². The molecule has 8 aromatic heterocycles. The number of para-hydroxylation sites is 5. The van der Waals surface area contributed by atoms with Crippen LogP contribution >= 0.6 is 0 Å². The number of hydrogen-bond acceptors (Lipinski definition) is 9. The number of aromatic nitrogens is 17. The molecule has 0 aliphatic carbocycles. The summed E-state index contributed by atoms with van der Waals surface area (Å²) in [4.78, 5) is 24.7. The molecule has 0 N–H and O–H groups in total. The Kier molecular flexibility index (Phi) is 37.2. The van der Waals surface area contributed by atoms with Crippen molar-refractivity contribution in [2.75, 3.05) is 0 Å². The van der Waals surface area contributed by atoms with Crippen molar-refractivity contribution in [3.05, 3.63) is 410 Å². The van der Waals surface area contributed by atoms with Crippen LogP contribution in [0.1, 0.15) is 78.5 Å². The van der Waals surface area contributed by atoms with Crippen LogP contribution < -0.4 is 0 Å². The van der Waals surface area contributed by atoms with Crippen molar-refractivity contribution in [3.8, 4) is 85.2 Å². The Hall–Kier alpha value is -10.1. The third kappa shape index (κ3) is 24.0. The van der Waals surface area contributed by atoms with E-state index in [1.807, 2.05) is 292 Å². The van der Waals surface area contributed by atoms with Gasteiger partial charge in [0.2, 0.25) is 0 Å². The van der Waals surface area contributed by atoms with Crippen molar-refractivity contribution in [1.82, 2.24) is 82.3 Å². The molecule has 0 fully saturated rings. The van der Waals surface area contributed by atoms with Crippen LogP contribution in [-0.4, -0.2) is 82.3 Å². The number of hydrogen-bond donors (Lipinski definition) is 0. The van der Waals surface area contributed by atoms with Crippen LogP contribution in [0.25, 0.3) is 85.2 Å². The minimum absolute atomic E-state index is 0. The molecule has 10 aromatic carbocycles. The van der Waals surface area contributed by atoms with Crippen molar-refractivity contribution < 1.29 is 125 Å². The van der Waals surface area contributed by atoms with Gasteiger partial charge in [-0.3, -0.25) is 34.3 Å². The molecule has 18 rings (SSSR count). The van der Waals surface area contributed by atoms with Crippen molar-refractivity contribution in [3.63, 3.8) is 0 Å². The quantitative estimate of drug-likeness (QED) is 0.0967. The SMILES string of the molecule is CC(C)(c1ccn(-c2[c-]cccc2)n1)c1ccn(-c2[c-]cccc2)n1.Cc1cccc(C)c1-n1ccnc1-c1[c-]cccc1.Cc1cccc(C)c1-n1ccnc1-c1[c-]cccc1.Cc1nc(-c2[c-]cccc2)cn1C.Cn1cc(C(C)(C)c2cn(C)c(-c3[c-]cccc3)n2)nc1-c1[c-]cccc1.[Ir].[Pt+2].[Pt+2].[Pt].[Pt].[Pt].[c-]1ccccc1-n1nccn1. The van der Waals surface area contributed by atoms with E-state index in [2.05, 4.69) is 196 Å². The predicted octanol–water partition coefficient (Wildman–Crippen LogP) is 19.6. The van der Waals surface area contributed by atoms with Gasteiger partial charge in [-0.05, 0) is 120 Å². The molecule has 0 aliphatic rings. The van der Waals surface area contributed by atoms with Crippen molar-refractivity contribution in [2.45, 2.75) is 73.1 Å². The summed E-state index contributed by atoms with van der Waals surface area (Å²) in [6, 6.07) is 105. The van der Waals surface area contributed by atoms with Crippen LogP contribution in [0.15, 0.2) is 311 Å². The van der Waals surface area contributed by atoms with Gasteiger partial charge in [0, 0.05) is 171 Å². The predicted molar refractivity (Wildman–Crippen MR) is 451 cm³/mol. The summed E-state index contributed by atoms with van der Waals surface area (Å²) in [5, 5.41) is 17.4. The molecule has 0 aliphatic heterocycles. The first-order valence-corrected chi connectivity index (χ1v) is 37.4. The number of rotatable bonds is 14. The molecular formula is C97H87IrN17Pt5-4. The zero-order chi connectivity index (χ0) is 79.6. The third-order valence-electron chi connectivity index (χ3n) is 19.2. The molecule has 0 spiro atoms. The topological polar surface area (TPSA) is 155 Å². The van der Waals surface area contributed by atoms with E-state index in [1.54, 1.807) is 12.4 Å². The van der Waals surface area contributed by atoms with E-state index in [-0.39, 0.29) is 136 Å². The summed E-state index contributed by atoms with van der Waals surface area (Å²) in [5.41, 5.74) is 19.4. The van der Waals surface area contributed by atoms with E-state index < -0.39 is 0 Å². The third-order valence-corrected chi connectivity index (χ3v) is 19.2. The second-order valence-electron chi connectivity index (χ2n) is 28.1. The Balaban J connectivity index is 0.000000201. The fraction of sp³-hybridized carbons (Fsp3) is 0.144. The maximum Gasteiger partial charge on any atom is 2.00 e. The van der Waals surface area contributed by atoms with Crippen LogP contribution in [0.2, 0.25) is 0 Å². The second-order valence-corrected chi connectivity index (χ2v) is 28.1. The molecule has 8 heterocycles. The molecule has 17 nitrogen and oxygen atoms in total. The van der Waals surface area contributed by atoms with Gasteiger partial charge >= 0.3 is 42.1 Å². The first kappa shape index (κ1) is 97.0. The minimum atomic E-state index is -0.324. The molecule has 0 saturated heterocycles. The van der Waals surface area contributed by atoms with Gasteiger partial charge < -0.3 is 22.8 Å². The van der Waals surface area contributed by atoms with Gasteiger partial charge in [0.25, 0.3) is 0 Å². The van der Waals surface area contributed by atoms with Crippen LogP contribution in [0.3, 0.4) is 0 Å². The van der Waals surface area contributed by atoms with Crippen LogP contribution in [0, 0.1) is 83.1 Å². The number of imidazole rings is 5. The number of nitrogens with zero attached hydrogens (tertiary/aromatic N) is 17. The zero-order valence-corrected chi connectivity index (χ0v) is 81.7. The Bertz CT molecular complexity index is 5680. The Labute approximate surface area is 789 Å². The van der Waals surface area contributed by atoms with Crippen LogP contribution in [0.5, 0.6) is 0 Å². The standard InChI is InChI=1S/C23H22N4.C21H18N4.2C17H15N2.C11H11N2.C8H6N3.Ir.5Pt/c1-23(2,19-15-26(3)21(24-19)17-11-7-5-8-12-17)20-16-27(4)22(25-20)18-13-9-6-10-14-18;1-21(2,19-13-15-24(22-19)17-9-5-3-6-10-17)20-14-16-25(23-20)18-11-7-4-8-12-18;2*1-13-7-6-8-14(2)16(13)19-12-11-18-17(19)15-9-4-3-5-10-15;1-9-12-11(8-13(9)2)10-6-4-3-5-7-10;1-2-4-8(5-3-1)11-9-6-7-10-11;;;;;;/h5-11,13,15-16H,1-4H3;3-9,11,13-16H,1-2H3;2*3-9,11-12H,1-2H3;3-6,8H,1-2H3;1-4,6-7H;;;;;;/q2*-2;4*-1;;;;;2*+2. The van der Waals surface area contributed by atoms with Gasteiger partial charge in [-0.15, -0.1) is 198 Å². The number of aryl methyl sites for hydroxylation is 8. The largest absolute Gasteiger partial charge is 2.00 e. The maximum atomic E-state index is 4.91. The van der Waals surface area contributed by atoms with Gasteiger partial charge in [-0.25, -0.2) is 0 Å². The average molecular weight is 2660 g/mol. The average Bonchev–Trinajstić information content (AvgIpc) is 1.62. The molecule has 0 saturated carbocycles. The van der Waals surface area contributed by atoms with Crippen molar-refractivity contribution >= 4 is 0 Å². The van der Waals surface area contributed by atoms with E-state index in [0.29, 0.717) is 0 Å². The summed E-state index contributed by atoms with van der Waals surface area (Å²) >= 11 is 0. The molecule has 0 amide bonds. The Morgan fingerprint density at radius 2 is 0.633 bits per heavy atom. The molecule has 1 radical (unpaired) electrons. The summed E-state index contributed by atoms with van der Waals surface area (Å²) in [6.07, 6.45) is 21.1. The first-order chi connectivity index (χ1) is 55.4. The molecular weight excluding hydrogens is 2570 g/mol. The summed E-state index contributed by atoms with van der Waals surface area (Å²) in [6.45, 7) is 19.1. The molecule has 0 unspecified atom stereocenters. The fourth-order valence-corrected chi connectivity index (χ4v) is 12.9. The molecule has 0 atom stereocenters. The zero-order valence-electron chi connectivity index (χ0n) is 68.0. The van der Waals surface area contributed by atoms with Gasteiger partial charge in [-0.2, -0.15) is 98.0 Å². The van der Waals surface area contributed by atoms with Crippen molar-refractivity contribution in [2.24, 2.45) is 21.1 Å². The van der Waals surface area contributed by atoms with Crippen LogP contribution in [-0.2, 0) is 157 Å². The normalized spacial score (nSPS) is 10.4. The van der Waals surface area contributed by atoms with Gasteiger partial charge in [0.05, 0.1) is 75.1 Å². The van der Waals surface area contributed by atoms with Crippen LogP contribution in [0.4, 0.5) is 0 Å². The molecule has 18 aromatic rings. The molecule has 623 valence electrons. The summed E-state index contributed by atoms with van der Waals surface area (Å²) in [5.74, 6) is 4.70. The Morgan fingerprint density at radius 3 is 0.958 bits per heavy atom. The monoisotopic (exact) mass is 2660 g/mol. The minimum Gasteiger partial charge on any atom is -0.373 e. The first-order valence-electron chi connectivity index (χ1n) is 37.4. The van der Waals surface area contributed by atoms with E-state index in [9.17, 15) is 0 Å². The molecule has 120 heavy (non-hydrogen) atoms. The Morgan fingerprint density at radius 1 is 0.308 bits per heavy atom. The number of benzene rings is 10. The summed E-state index contributed by atoms with van der Waals surface area (Å²) < 4.78 is 14.1. The summed E-state index contributed by atoms with van der Waals surface area (Å²) in [7, 11) is 6.03. The molecule has 23 heteroatoms. The molecule has 0 bridgehead atoms. The van der Waals surface area contributed by atoms with Gasteiger partial charge in [-0.1, -0.05) is 36.4 Å². The van der Waals surface area contributed by atoms with E-state index >= 15 is 0 Å². The maximum absolute atomic E-state index is 4.91. The van der Waals surface area contributed by atoms with Crippen molar-refractivity contribution in [1.29, 1.82) is 0 Å². The van der Waals surface area contributed by atoms with E-state index in [1.165, 1.54) is 38.4 Å². The van der Waals surface area contributed by atoms with Gasteiger partial charge in [0.15, 0.2) is 0 Å². The van der Waals surface area contributed by atoms with Gasteiger partial charge in [0.1, 0.15) is 0 Å².